The zero-order valence-electron chi connectivity index (χ0n) is 16.5. The number of anilines is 2. The lowest BCUT2D eigenvalue weighted by molar-refractivity contribution is -0.137. The van der Waals surface area contributed by atoms with Gasteiger partial charge in [0, 0.05) is 18.5 Å². The van der Waals surface area contributed by atoms with Gasteiger partial charge >= 0.3 is 5.97 Å². The normalized spacial score (nSPS) is 14.9. The molecule has 0 spiro atoms. The minimum atomic E-state index is -0.950. The number of carbonyl (C=O) groups excluding carboxylic acids is 1. The highest BCUT2D eigenvalue weighted by molar-refractivity contribution is 5.89. The van der Waals surface area contributed by atoms with Crippen LogP contribution in [0.15, 0.2) is 60.7 Å². The lowest BCUT2D eigenvalue weighted by Crippen LogP contribution is -2.20. The molecule has 9 heteroatoms. The highest BCUT2D eigenvalue weighted by Gasteiger charge is 2.25. The first-order valence-electron chi connectivity index (χ1n) is 9.77. The molecular weight excluding hydrogens is 401 g/mol. The molecule has 3 aromatic rings. The van der Waals surface area contributed by atoms with Gasteiger partial charge in [-0.25, -0.2) is 9.07 Å². The van der Waals surface area contributed by atoms with Crippen molar-refractivity contribution in [2.75, 3.05) is 10.6 Å². The molecule has 1 aliphatic rings. The molecule has 158 valence electrons. The van der Waals surface area contributed by atoms with Gasteiger partial charge in [0.05, 0.1) is 0 Å². The average molecular weight is 421 g/mol. The third-order valence-electron chi connectivity index (χ3n) is 4.81. The summed E-state index contributed by atoms with van der Waals surface area (Å²) in [5, 5.41) is 18.9. The Morgan fingerprint density at radius 1 is 1.10 bits per heavy atom. The second-order valence-electron chi connectivity index (χ2n) is 7.07. The number of hydrogen-bond donors (Lipinski definition) is 3. The summed E-state index contributed by atoms with van der Waals surface area (Å²) in [6.45, 7) is 0. The number of fused-ring (bicyclic) bond motifs is 1. The maximum atomic E-state index is 13.4. The zero-order chi connectivity index (χ0) is 21.8. The summed E-state index contributed by atoms with van der Waals surface area (Å²) in [5.74, 6) is -1.11. The first kappa shape index (κ1) is 20.3. The van der Waals surface area contributed by atoms with Crippen molar-refractivity contribution in [2.24, 2.45) is 0 Å². The van der Waals surface area contributed by atoms with Gasteiger partial charge in [0.1, 0.15) is 11.9 Å². The molecule has 4 rings (SSSR count). The molecule has 8 nitrogen and oxygen atoms in total. The van der Waals surface area contributed by atoms with Crippen LogP contribution in [0.3, 0.4) is 0 Å². The topological polar surface area (TPSA) is 109 Å². The molecule has 2 aromatic carbocycles. The van der Waals surface area contributed by atoms with Crippen LogP contribution in [0.2, 0.25) is 0 Å². The van der Waals surface area contributed by atoms with Crippen molar-refractivity contribution in [2.45, 2.75) is 25.3 Å². The van der Waals surface area contributed by atoms with Gasteiger partial charge in [-0.3, -0.25) is 14.9 Å². The summed E-state index contributed by atoms with van der Waals surface area (Å²) >= 11 is 0. The second kappa shape index (κ2) is 8.78. The second-order valence-corrected chi connectivity index (χ2v) is 7.07. The summed E-state index contributed by atoms with van der Waals surface area (Å²) in [5.41, 5.74) is 2.57. The lowest BCUT2D eigenvalue weighted by atomic mass is 10.0. The molecular formula is C22H20FN5O3. The van der Waals surface area contributed by atoms with Crippen molar-refractivity contribution in [3.63, 3.8) is 0 Å². The molecule has 2 heterocycles. The SMILES string of the molecule is O=C(O)CCCC(=O)Nc1nc2n(n1)C(c1ccc(F)cc1)C=C(c1ccccc1)N2. The molecule has 0 saturated carbocycles. The number of amides is 1. The standard InChI is InChI=1S/C22H20FN5O3/c23-16-11-9-15(10-12-16)18-13-17(14-5-2-1-3-6-14)24-22-26-21(27-28(18)22)25-19(29)7-4-8-20(30)31/h1-3,5-6,9-13,18H,4,7-8H2,(H,30,31)(H2,24,25,26,27,29). The van der Waals surface area contributed by atoms with Gasteiger partial charge in [-0.05, 0) is 35.8 Å². The largest absolute Gasteiger partial charge is 0.481 e. The van der Waals surface area contributed by atoms with Gasteiger partial charge in [-0.2, -0.15) is 4.98 Å². The maximum absolute atomic E-state index is 13.4. The van der Waals surface area contributed by atoms with Crippen LogP contribution < -0.4 is 10.6 Å². The van der Waals surface area contributed by atoms with Crippen LogP contribution in [0, 0.1) is 5.82 Å². The Labute approximate surface area is 177 Å². The minimum absolute atomic E-state index is 0.0541. The van der Waals surface area contributed by atoms with Crippen LogP contribution in [-0.2, 0) is 9.59 Å². The highest BCUT2D eigenvalue weighted by Crippen LogP contribution is 2.33. The van der Waals surface area contributed by atoms with Gasteiger partial charge in [0.25, 0.3) is 5.95 Å². The Kier molecular flexibility index (Phi) is 5.74. The van der Waals surface area contributed by atoms with Crippen molar-refractivity contribution in [1.29, 1.82) is 0 Å². The fraction of sp³-hybridized carbons (Fsp3) is 0.182. The van der Waals surface area contributed by atoms with Gasteiger partial charge < -0.3 is 10.4 Å². The van der Waals surface area contributed by atoms with E-state index in [1.54, 1.807) is 16.8 Å². The fourth-order valence-corrected chi connectivity index (χ4v) is 3.32. The monoisotopic (exact) mass is 421 g/mol. The van der Waals surface area contributed by atoms with E-state index >= 15 is 0 Å². The quantitative estimate of drug-likeness (QED) is 0.537. The number of nitrogens with one attached hydrogen (secondary N) is 2. The average Bonchev–Trinajstić information content (AvgIpc) is 3.16. The van der Waals surface area contributed by atoms with Crippen molar-refractivity contribution in [3.8, 4) is 0 Å². The first-order valence-corrected chi connectivity index (χ1v) is 9.77. The molecule has 0 saturated heterocycles. The number of nitrogens with zero attached hydrogens (tertiary/aromatic N) is 3. The number of halogens is 1. The summed E-state index contributed by atoms with van der Waals surface area (Å²) in [6.07, 6.45) is 2.16. The molecule has 1 unspecified atom stereocenters. The Bertz CT molecular complexity index is 1130. The number of allylic oxidation sites excluding steroid dienone is 1. The van der Waals surface area contributed by atoms with E-state index in [4.69, 9.17) is 5.11 Å². The number of rotatable bonds is 7. The number of benzene rings is 2. The number of aromatic nitrogens is 3. The Morgan fingerprint density at radius 2 is 1.84 bits per heavy atom. The van der Waals surface area contributed by atoms with Crippen molar-refractivity contribution >= 4 is 29.5 Å². The molecule has 1 aromatic heterocycles. The predicted octanol–water partition coefficient (Wildman–Crippen LogP) is 3.67. The predicted molar refractivity (Wildman–Crippen MR) is 113 cm³/mol. The molecule has 0 aliphatic carbocycles. The van der Waals surface area contributed by atoms with Crippen molar-refractivity contribution in [3.05, 3.63) is 77.6 Å². The smallest absolute Gasteiger partial charge is 0.303 e. The van der Waals surface area contributed by atoms with Crippen LogP contribution in [0.25, 0.3) is 5.70 Å². The maximum Gasteiger partial charge on any atom is 0.303 e. The van der Waals surface area contributed by atoms with E-state index in [0.717, 1.165) is 16.8 Å². The van der Waals surface area contributed by atoms with Crippen molar-refractivity contribution < 1.29 is 19.1 Å². The van der Waals surface area contributed by atoms with E-state index < -0.39 is 5.97 Å². The zero-order valence-corrected chi connectivity index (χ0v) is 16.5. The van der Waals surface area contributed by atoms with E-state index in [2.05, 4.69) is 20.7 Å². The molecule has 1 atom stereocenters. The Morgan fingerprint density at radius 3 is 2.55 bits per heavy atom. The molecule has 0 radical (unpaired) electrons. The summed E-state index contributed by atoms with van der Waals surface area (Å²) in [6, 6.07) is 15.4. The molecule has 0 fully saturated rings. The third-order valence-corrected chi connectivity index (χ3v) is 4.81. The summed E-state index contributed by atoms with van der Waals surface area (Å²) < 4.78 is 15.1. The van der Waals surface area contributed by atoms with Gasteiger partial charge in [-0.1, -0.05) is 42.5 Å². The summed E-state index contributed by atoms with van der Waals surface area (Å²) in [7, 11) is 0. The van der Waals surface area contributed by atoms with Crippen LogP contribution in [0.5, 0.6) is 0 Å². The van der Waals surface area contributed by atoms with Crippen LogP contribution in [-0.4, -0.2) is 31.7 Å². The molecule has 1 amide bonds. The van der Waals surface area contributed by atoms with Crippen molar-refractivity contribution in [1.82, 2.24) is 14.8 Å². The van der Waals surface area contributed by atoms with E-state index in [-0.39, 0.29) is 43.0 Å². The van der Waals surface area contributed by atoms with Crippen LogP contribution >= 0.6 is 0 Å². The van der Waals surface area contributed by atoms with E-state index in [1.807, 2.05) is 36.4 Å². The number of hydrogen-bond acceptors (Lipinski definition) is 5. The molecule has 0 bridgehead atoms. The fourth-order valence-electron chi connectivity index (χ4n) is 3.32. The van der Waals surface area contributed by atoms with Crippen LogP contribution in [0.4, 0.5) is 16.3 Å². The van der Waals surface area contributed by atoms with Gasteiger partial charge in [-0.15, -0.1) is 5.10 Å². The summed E-state index contributed by atoms with van der Waals surface area (Å²) in [4.78, 5) is 27.1. The van der Waals surface area contributed by atoms with E-state index in [9.17, 15) is 14.0 Å². The first-order chi connectivity index (χ1) is 15.0. The lowest BCUT2D eigenvalue weighted by Gasteiger charge is -2.24. The Hall–Kier alpha value is -4.01. The van der Waals surface area contributed by atoms with Crippen LogP contribution in [0.1, 0.15) is 36.4 Å². The Balaban J connectivity index is 1.61. The third kappa shape index (κ3) is 4.77. The number of carbonyl (C=O) groups is 2. The molecule has 31 heavy (non-hydrogen) atoms. The van der Waals surface area contributed by atoms with Gasteiger partial charge in [0.2, 0.25) is 11.9 Å². The van der Waals surface area contributed by atoms with E-state index in [0.29, 0.717) is 5.95 Å². The number of aliphatic carboxylic acids is 1. The number of carboxylic acid groups (broad SMARTS) is 1. The van der Waals surface area contributed by atoms with Gasteiger partial charge in [0.15, 0.2) is 0 Å². The molecule has 1 aliphatic heterocycles. The number of carboxylic acids is 1. The van der Waals surface area contributed by atoms with E-state index in [1.165, 1.54) is 12.1 Å². The highest BCUT2D eigenvalue weighted by atomic mass is 19.1. The minimum Gasteiger partial charge on any atom is -0.481 e. The molecule has 3 N–H and O–H groups in total.